The van der Waals surface area contributed by atoms with Crippen molar-refractivity contribution < 1.29 is 0 Å². The molecule has 0 aliphatic carbocycles. The number of hydrogen-bond acceptors (Lipinski definition) is 0. The van der Waals surface area contributed by atoms with Crippen molar-refractivity contribution >= 4 is 11.6 Å². The number of halogens is 1. The van der Waals surface area contributed by atoms with Crippen LogP contribution in [-0.2, 0) is 0 Å². The second-order valence-corrected chi connectivity index (χ2v) is 4.56. The van der Waals surface area contributed by atoms with Crippen LogP contribution in [0.3, 0.4) is 0 Å². The Kier molecular flexibility index (Phi) is 4.46. The molecule has 0 aromatic heterocycles. The van der Waals surface area contributed by atoms with E-state index in [1.54, 1.807) is 0 Å². The standard InChI is InChI=1S/C10H21Cl/c1-6-8(2)9(3)10(4,5)7-11/h8-9H,6-7H2,1-5H3. The lowest BCUT2D eigenvalue weighted by Crippen LogP contribution is -2.28. The van der Waals surface area contributed by atoms with Crippen molar-refractivity contribution in [1.82, 2.24) is 0 Å². The van der Waals surface area contributed by atoms with E-state index in [9.17, 15) is 0 Å². The van der Waals surface area contributed by atoms with E-state index in [0.29, 0.717) is 5.92 Å². The Morgan fingerprint density at radius 2 is 1.73 bits per heavy atom. The molecular formula is C10H21Cl. The predicted molar refractivity (Wildman–Crippen MR) is 53.1 cm³/mol. The summed E-state index contributed by atoms with van der Waals surface area (Å²) in [6.45, 7) is 11.3. The molecule has 0 saturated heterocycles. The van der Waals surface area contributed by atoms with E-state index in [0.717, 1.165) is 11.8 Å². The molecule has 0 aliphatic heterocycles. The zero-order valence-corrected chi connectivity index (χ0v) is 9.20. The minimum absolute atomic E-state index is 0.289. The van der Waals surface area contributed by atoms with Gasteiger partial charge < -0.3 is 0 Å². The van der Waals surface area contributed by atoms with E-state index in [1.165, 1.54) is 6.42 Å². The van der Waals surface area contributed by atoms with Crippen LogP contribution in [0.4, 0.5) is 0 Å². The van der Waals surface area contributed by atoms with Crippen LogP contribution in [0.15, 0.2) is 0 Å². The number of rotatable bonds is 4. The van der Waals surface area contributed by atoms with Crippen molar-refractivity contribution in [1.29, 1.82) is 0 Å². The quantitative estimate of drug-likeness (QED) is 0.570. The van der Waals surface area contributed by atoms with Gasteiger partial charge in [-0.3, -0.25) is 0 Å². The van der Waals surface area contributed by atoms with Crippen molar-refractivity contribution in [2.24, 2.45) is 17.3 Å². The van der Waals surface area contributed by atoms with Gasteiger partial charge in [-0.05, 0) is 17.3 Å². The van der Waals surface area contributed by atoms with Gasteiger partial charge in [0.2, 0.25) is 0 Å². The molecule has 0 heterocycles. The largest absolute Gasteiger partial charge is 0.126 e. The molecule has 0 amide bonds. The van der Waals surface area contributed by atoms with Crippen LogP contribution >= 0.6 is 11.6 Å². The summed E-state index contributed by atoms with van der Waals surface area (Å²) < 4.78 is 0. The SMILES string of the molecule is CCC(C)C(C)C(C)(C)CCl. The van der Waals surface area contributed by atoms with Gasteiger partial charge in [-0.15, -0.1) is 11.6 Å². The highest BCUT2D eigenvalue weighted by Crippen LogP contribution is 2.34. The van der Waals surface area contributed by atoms with Crippen molar-refractivity contribution in [3.63, 3.8) is 0 Å². The lowest BCUT2D eigenvalue weighted by molar-refractivity contribution is 0.188. The van der Waals surface area contributed by atoms with E-state index in [1.807, 2.05) is 0 Å². The minimum Gasteiger partial charge on any atom is -0.126 e. The maximum atomic E-state index is 5.89. The van der Waals surface area contributed by atoms with Gasteiger partial charge in [0.15, 0.2) is 0 Å². The summed E-state index contributed by atoms with van der Waals surface area (Å²) in [6, 6.07) is 0. The summed E-state index contributed by atoms with van der Waals surface area (Å²) in [4.78, 5) is 0. The first-order chi connectivity index (χ1) is 4.95. The highest BCUT2D eigenvalue weighted by molar-refractivity contribution is 6.18. The Morgan fingerprint density at radius 1 is 1.27 bits per heavy atom. The zero-order chi connectivity index (χ0) is 9.07. The minimum atomic E-state index is 0.289. The third kappa shape index (κ3) is 3.02. The molecule has 68 valence electrons. The van der Waals surface area contributed by atoms with Gasteiger partial charge in [0.05, 0.1) is 0 Å². The van der Waals surface area contributed by atoms with Gasteiger partial charge in [-0.1, -0.05) is 41.0 Å². The number of hydrogen-bond donors (Lipinski definition) is 0. The van der Waals surface area contributed by atoms with Gasteiger partial charge in [-0.25, -0.2) is 0 Å². The van der Waals surface area contributed by atoms with Crippen LogP contribution in [0.2, 0.25) is 0 Å². The average Bonchev–Trinajstić information content (AvgIpc) is 2.01. The van der Waals surface area contributed by atoms with Crippen LogP contribution < -0.4 is 0 Å². The molecule has 11 heavy (non-hydrogen) atoms. The van der Waals surface area contributed by atoms with Crippen molar-refractivity contribution in [2.45, 2.75) is 41.0 Å². The Morgan fingerprint density at radius 3 is 2.00 bits per heavy atom. The molecule has 2 atom stereocenters. The summed E-state index contributed by atoms with van der Waals surface area (Å²) in [6.07, 6.45) is 1.25. The van der Waals surface area contributed by atoms with Gasteiger partial charge >= 0.3 is 0 Å². The van der Waals surface area contributed by atoms with Crippen LogP contribution in [0.25, 0.3) is 0 Å². The zero-order valence-electron chi connectivity index (χ0n) is 8.45. The molecule has 0 bridgehead atoms. The third-order valence-electron chi connectivity index (χ3n) is 3.07. The second-order valence-electron chi connectivity index (χ2n) is 4.30. The molecule has 1 heteroatoms. The van der Waals surface area contributed by atoms with E-state index in [-0.39, 0.29) is 5.41 Å². The van der Waals surface area contributed by atoms with Crippen LogP contribution in [-0.4, -0.2) is 5.88 Å². The smallest absolute Gasteiger partial charge is 0.0277 e. The number of alkyl halides is 1. The summed E-state index contributed by atoms with van der Waals surface area (Å²) in [5, 5.41) is 0. The highest BCUT2D eigenvalue weighted by Gasteiger charge is 2.27. The Balaban J connectivity index is 4.10. The summed E-state index contributed by atoms with van der Waals surface area (Å²) in [7, 11) is 0. The topological polar surface area (TPSA) is 0 Å². The maximum Gasteiger partial charge on any atom is 0.0277 e. The fourth-order valence-corrected chi connectivity index (χ4v) is 1.49. The van der Waals surface area contributed by atoms with Gasteiger partial charge in [0.25, 0.3) is 0 Å². The van der Waals surface area contributed by atoms with E-state index in [2.05, 4.69) is 34.6 Å². The lowest BCUT2D eigenvalue weighted by Gasteiger charge is -2.33. The van der Waals surface area contributed by atoms with Crippen LogP contribution in [0, 0.1) is 17.3 Å². The summed E-state index contributed by atoms with van der Waals surface area (Å²) in [5.41, 5.74) is 0.289. The molecule has 0 rings (SSSR count). The molecule has 0 aromatic carbocycles. The fraction of sp³-hybridized carbons (Fsp3) is 1.00. The third-order valence-corrected chi connectivity index (χ3v) is 3.76. The molecule has 0 spiro atoms. The van der Waals surface area contributed by atoms with Crippen molar-refractivity contribution in [2.75, 3.05) is 5.88 Å². The molecule has 0 N–H and O–H groups in total. The molecule has 0 fully saturated rings. The first-order valence-corrected chi connectivity index (χ1v) is 5.05. The van der Waals surface area contributed by atoms with E-state index in [4.69, 9.17) is 11.6 Å². The summed E-state index contributed by atoms with van der Waals surface area (Å²) >= 11 is 5.89. The monoisotopic (exact) mass is 176 g/mol. The van der Waals surface area contributed by atoms with Crippen molar-refractivity contribution in [3.8, 4) is 0 Å². The Bertz CT molecular complexity index is 107. The molecule has 2 unspecified atom stereocenters. The second kappa shape index (κ2) is 4.35. The maximum absolute atomic E-state index is 5.89. The molecular weight excluding hydrogens is 156 g/mol. The van der Waals surface area contributed by atoms with Gasteiger partial charge in [0.1, 0.15) is 0 Å². The van der Waals surface area contributed by atoms with E-state index >= 15 is 0 Å². The Hall–Kier alpha value is 0.290. The van der Waals surface area contributed by atoms with Crippen LogP contribution in [0.5, 0.6) is 0 Å². The average molecular weight is 177 g/mol. The molecule has 0 saturated carbocycles. The Labute approximate surface area is 76.3 Å². The molecule has 0 aromatic rings. The lowest BCUT2D eigenvalue weighted by atomic mass is 9.74. The normalized spacial score (nSPS) is 18.0. The molecule has 0 radical (unpaired) electrons. The predicted octanol–water partition coefficient (Wildman–Crippen LogP) is 3.93. The molecule has 0 aliphatic rings. The fourth-order valence-electron chi connectivity index (χ4n) is 1.25. The molecule has 0 nitrogen and oxygen atoms in total. The van der Waals surface area contributed by atoms with Crippen molar-refractivity contribution in [3.05, 3.63) is 0 Å². The summed E-state index contributed by atoms with van der Waals surface area (Å²) in [5.74, 6) is 2.26. The highest BCUT2D eigenvalue weighted by atomic mass is 35.5. The van der Waals surface area contributed by atoms with Gasteiger partial charge in [-0.2, -0.15) is 0 Å². The van der Waals surface area contributed by atoms with Gasteiger partial charge in [0, 0.05) is 5.88 Å². The van der Waals surface area contributed by atoms with Crippen LogP contribution in [0.1, 0.15) is 41.0 Å². The first-order valence-electron chi connectivity index (χ1n) is 4.51. The first kappa shape index (κ1) is 11.3. The van der Waals surface area contributed by atoms with E-state index < -0.39 is 0 Å².